The summed E-state index contributed by atoms with van der Waals surface area (Å²) in [6.07, 6.45) is 2.75. The maximum atomic E-state index is 9.98. The van der Waals surface area contributed by atoms with Crippen LogP contribution in [0, 0.1) is 0 Å². The molecule has 2 rings (SSSR count). The van der Waals surface area contributed by atoms with Gasteiger partial charge in [-0.15, -0.1) is 0 Å². The van der Waals surface area contributed by atoms with Crippen LogP contribution in [0.5, 0.6) is 0 Å². The zero-order valence-corrected chi connectivity index (χ0v) is 12.0. The summed E-state index contributed by atoms with van der Waals surface area (Å²) >= 11 is 0. The SMILES string of the molecule is CCc1cccc(CC)c1N1CC(O)CC1(C)C. The second-order valence-electron chi connectivity index (χ2n) is 5.91. The molecule has 1 saturated heterocycles. The Bertz CT molecular complexity index is 403. The number of para-hydroxylation sites is 1. The summed E-state index contributed by atoms with van der Waals surface area (Å²) < 4.78 is 0. The summed E-state index contributed by atoms with van der Waals surface area (Å²) in [5, 5.41) is 9.98. The first-order valence-electron chi connectivity index (χ1n) is 7.06. The molecule has 0 amide bonds. The van der Waals surface area contributed by atoms with Crippen LogP contribution < -0.4 is 4.90 Å². The highest BCUT2D eigenvalue weighted by Gasteiger charge is 2.38. The van der Waals surface area contributed by atoms with Crippen molar-refractivity contribution in [3.05, 3.63) is 29.3 Å². The molecule has 1 aliphatic heterocycles. The predicted molar refractivity (Wildman–Crippen MR) is 77.2 cm³/mol. The molecular weight excluding hydrogens is 222 g/mol. The summed E-state index contributed by atoms with van der Waals surface area (Å²) in [5.41, 5.74) is 4.21. The van der Waals surface area contributed by atoms with E-state index in [4.69, 9.17) is 0 Å². The molecule has 1 fully saturated rings. The van der Waals surface area contributed by atoms with Crippen molar-refractivity contribution < 1.29 is 5.11 Å². The number of benzene rings is 1. The Morgan fingerprint density at radius 3 is 2.17 bits per heavy atom. The fourth-order valence-corrected chi connectivity index (χ4v) is 3.16. The van der Waals surface area contributed by atoms with Gasteiger partial charge in [0.25, 0.3) is 0 Å². The van der Waals surface area contributed by atoms with Gasteiger partial charge in [0.1, 0.15) is 0 Å². The summed E-state index contributed by atoms with van der Waals surface area (Å²) in [5.74, 6) is 0. The van der Waals surface area contributed by atoms with Gasteiger partial charge >= 0.3 is 0 Å². The van der Waals surface area contributed by atoms with Crippen molar-refractivity contribution in [1.29, 1.82) is 0 Å². The molecule has 1 aliphatic rings. The fourth-order valence-electron chi connectivity index (χ4n) is 3.16. The molecule has 0 aromatic heterocycles. The predicted octanol–water partition coefficient (Wildman–Crippen LogP) is 3.16. The normalized spacial score (nSPS) is 22.5. The second-order valence-corrected chi connectivity index (χ2v) is 5.91. The van der Waals surface area contributed by atoms with Crippen molar-refractivity contribution in [2.75, 3.05) is 11.4 Å². The molecule has 1 aromatic carbocycles. The molecule has 2 heteroatoms. The van der Waals surface area contributed by atoms with Gasteiger partial charge in [-0.05, 0) is 44.2 Å². The third kappa shape index (κ3) is 2.26. The van der Waals surface area contributed by atoms with E-state index in [9.17, 15) is 5.11 Å². The Labute approximate surface area is 111 Å². The summed E-state index contributed by atoms with van der Waals surface area (Å²) in [6, 6.07) is 6.59. The smallest absolute Gasteiger partial charge is 0.0737 e. The van der Waals surface area contributed by atoms with Crippen LogP contribution in [0.1, 0.15) is 45.2 Å². The third-order valence-electron chi connectivity index (χ3n) is 4.09. The molecule has 100 valence electrons. The molecule has 18 heavy (non-hydrogen) atoms. The number of hydrogen-bond donors (Lipinski definition) is 1. The first-order valence-corrected chi connectivity index (χ1v) is 7.06. The van der Waals surface area contributed by atoms with Gasteiger partial charge < -0.3 is 10.0 Å². The standard InChI is InChI=1S/C16H25NO/c1-5-12-8-7-9-13(6-2)15(12)17-11-14(18)10-16(17,3)4/h7-9,14,18H,5-6,10-11H2,1-4H3. The molecule has 0 radical (unpaired) electrons. The number of β-amino-alcohol motifs (C(OH)–C–C–N with tert-alkyl or cyclic N) is 1. The van der Waals surface area contributed by atoms with E-state index in [-0.39, 0.29) is 11.6 Å². The minimum absolute atomic E-state index is 0.0502. The largest absolute Gasteiger partial charge is 0.391 e. The number of aryl methyl sites for hydroxylation is 2. The van der Waals surface area contributed by atoms with Gasteiger partial charge in [0.2, 0.25) is 0 Å². The van der Waals surface area contributed by atoms with Crippen LogP contribution in [0.25, 0.3) is 0 Å². The van der Waals surface area contributed by atoms with Crippen molar-refractivity contribution in [2.45, 2.75) is 58.6 Å². The minimum atomic E-state index is -0.199. The van der Waals surface area contributed by atoms with Gasteiger partial charge in [-0.2, -0.15) is 0 Å². The van der Waals surface area contributed by atoms with Crippen LogP contribution in [0.2, 0.25) is 0 Å². The van der Waals surface area contributed by atoms with Crippen LogP contribution in [0.3, 0.4) is 0 Å². The van der Waals surface area contributed by atoms with Crippen LogP contribution in [-0.2, 0) is 12.8 Å². The van der Waals surface area contributed by atoms with Crippen molar-refractivity contribution >= 4 is 5.69 Å². The van der Waals surface area contributed by atoms with Crippen molar-refractivity contribution in [2.24, 2.45) is 0 Å². The molecule has 1 N–H and O–H groups in total. The van der Waals surface area contributed by atoms with E-state index in [0.717, 1.165) is 25.8 Å². The number of rotatable bonds is 3. The quantitative estimate of drug-likeness (QED) is 0.887. The highest BCUT2D eigenvalue weighted by atomic mass is 16.3. The third-order valence-corrected chi connectivity index (χ3v) is 4.09. The molecule has 0 aliphatic carbocycles. The first-order chi connectivity index (χ1) is 8.49. The van der Waals surface area contributed by atoms with E-state index in [0.29, 0.717) is 0 Å². The van der Waals surface area contributed by atoms with E-state index in [1.165, 1.54) is 16.8 Å². The Morgan fingerprint density at radius 2 is 1.78 bits per heavy atom. The van der Waals surface area contributed by atoms with Crippen LogP contribution >= 0.6 is 0 Å². The summed E-state index contributed by atoms with van der Waals surface area (Å²) in [6.45, 7) is 9.64. The Hall–Kier alpha value is -1.02. The van der Waals surface area contributed by atoms with Crippen molar-refractivity contribution in [3.8, 4) is 0 Å². The van der Waals surface area contributed by atoms with Gasteiger partial charge in [-0.3, -0.25) is 0 Å². The number of aliphatic hydroxyl groups excluding tert-OH is 1. The van der Waals surface area contributed by atoms with E-state index in [2.05, 4.69) is 50.8 Å². The molecule has 0 saturated carbocycles. The topological polar surface area (TPSA) is 23.5 Å². The van der Waals surface area contributed by atoms with E-state index in [1.54, 1.807) is 0 Å². The maximum Gasteiger partial charge on any atom is 0.0737 e. The van der Waals surface area contributed by atoms with E-state index >= 15 is 0 Å². The highest BCUT2D eigenvalue weighted by molar-refractivity contribution is 5.62. The molecule has 1 atom stereocenters. The molecule has 1 aromatic rings. The van der Waals surface area contributed by atoms with Gasteiger partial charge in [0.15, 0.2) is 0 Å². The number of anilines is 1. The number of aliphatic hydroxyl groups is 1. The number of hydrogen-bond acceptors (Lipinski definition) is 2. The molecular formula is C16H25NO. The average molecular weight is 247 g/mol. The van der Waals surface area contributed by atoms with Gasteiger partial charge in [-0.1, -0.05) is 32.0 Å². The van der Waals surface area contributed by atoms with Crippen LogP contribution in [0.15, 0.2) is 18.2 Å². The highest BCUT2D eigenvalue weighted by Crippen LogP contribution is 2.38. The second kappa shape index (κ2) is 4.93. The van der Waals surface area contributed by atoms with Crippen molar-refractivity contribution in [3.63, 3.8) is 0 Å². The zero-order valence-electron chi connectivity index (χ0n) is 12.0. The summed E-state index contributed by atoms with van der Waals surface area (Å²) in [7, 11) is 0. The lowest BCUT2D eigenvalue weighted by Crippen LogP contribution is -2.39. The molecule has 1 heterocycles. The lowest BCUT2D eigenvalue weighted by atomic mass is 9.96. The van der Waals surface area contributed by atoms with Gasteiger partial charge in [0.05, 0.1) is 6.10 Å². The minimum Gasteiger partial charge on any atom is -0.391 e. The van der Waals surface area contributed by atoms with Crippen LogP contribution in [-0.4, -0.2) is 23.3 Å². The van der Waals surface area contributed by atoms with Gasteiger partial charge in [-0.25, -0.2) is 0 Å². The monoisotopic (exact) mass is 247 g/mol. The zero-order chi connectivity index (χ0) is 13.3. The van der Waals surface area contributed by atoms with E-state index in [1.807, 2.05) is 0 Å². The Balaban J connectivity index is 2.49. The molecule has 2 nitrogen and oxygen atoms in total. The molecule has 0 bridgehead atoms. The average Bonchev–Trinajstić information content (AvgIpc) is 2.61. The summed E-state index contributed by atoms with van der Waals surface area (Å²) in [4.78, 5) is 2.41. The number of nitrogens with zero attached hydrogens (tertiary/aromatic N) is 1. The Kier molecular flexibility index (Phi) is 3.67. The van der Waals surface area contributed by atoms with E-state index < -0.39 is 0 Å². The fraction of sp³-hybridized carbons (Fsp3) is 0.625. The van der Waals surface area contributed by atoms with Crippen molar-refractivity contribution in [1.82, 2.24) is 0 Å². The Morgan fingerprint density at radius 1 is 1.22 bits per heavy atom. The lowest BCUT2D eigenvalue weighted by molar-refractivity contribution is 0.188. The van der Waals surface area contributed by atoms with Crippen LogP contribution in [0.4, 0.5) is 5.69 Å². The lowest BCUT2D eigenvalue weighted by Gasteiger charge is -2.36. The maximum absolute atomic E-state index is 9.98. The van der Waals surface area contributed by atoms with Gasteiger partial charge in [0, 0.05) is 17.8 Å². The first kappa shape index (κ1) is 13.4. The molecule has 1 unspecified atom stereocenters. The molecule has 0 spiro atoms.